The van der Waals surface area contributed by atoms with Gasteiger partial charge in [-0.1, -0.05) is 6.08 Å². The zero-order chi connectivity index (χ0) is 6.53. The third-order valence-corrected chi connectivity index (χ3v) is 0.886. The number of nitrogens with zero attached hydrogens (tertiary/aromatic N) is 2. The Morgan fingerprint density at radius 1 is 1.67 bits per heavy atom. The van der Waals surface area contributed by atoms with Crippen molar-refractivity contribution < 1.29 is 0 Å². The fourth-order valence-corrected chi connectivity index (χ4v) is 0.492. The lowest BCUT2D eigenvalue weighted by molar-refractivity contribution is 1.01. The zero-order valence-electron chi connectivity index (χ0n) is 4.91. The molecule has 1 heterocycles. The first-order valence-corrected chi connectivity index (χ1v) is 2.65. The summed E-state index contributed by atoms with van der Waals surface area (Å²) in [4.78, 5) is 7.71. The molecule has 0 aliphatic carbocycles. The van der Waals surface area contributed by atoms with Gasteiger partial charge in [0.25, 0.3) is 0 Å². The molecule has 1 rings (SSSR count). The van der Waals surface area contributed by atoms with E-state index in [9.17, 15) is 0 Å². The number of rotatable bonds is 0. The second-order valence-corrected chi connectivity index (χ2v) is 1.53. The van der Waals surface area contributed by atoms with Crippen molar-refractivity contribution in [2.45, 2.75) is 6.42 Å². The van der Waals surface area contributed by atoms with Gasteiger partial charge >= 0.3 is 0 Å². The summed E-state index contributed by atoms with van der Waals surface area (Å²) in [5, 5.41) is 0. The number of nitrogens with one attached hydrogen (secondary N) is 1. The Labute approximate surface area is 53.2 Å². The maximum Gasteiger partial charge on any atom is 0.236 e. The van der Waals surface area contributed by atoms with Crippen LogP contribution in [0.2, 0.25) is 0 Å². The molecule has 0 fully saturated rings. The summed E-state index contributed by atoms with van der Waals surface area (Å²) in [5.41, 5.74) is 2.34. The van der Waals surface area contributed by atoms with Crippen LogP contribution in [0, 0.1) is 0 Å². The van der Waals surface area contributed by atoms with Gasteiger partial charge < -0.3 is 0 Å². The Hall–Kier alpha value is -1.16. The highest BCUT2D eigenvalue weighted by Gasteiger charge is 1.88. The molecule has 0 amide bonds. The van der Waals surface area contributed by atoms with Crippen molar-refractivity contribution in [1.82, 2.24) is 5.43 Å². The van der Waals surface area contributed by atoms with Gasteiger partial charge in [-0.05, 0) is 0 Å². The monoisotopic (exact) mass is 124 g/mol. The number of allylic oxidation sites excluding steroid dienone is 1. The molecule has 0 aromatic carbocycles. The summed E-state index contributed by atoms with van der Waals surface area (Å²) in [6.45, 7) is 0. The normalized spacial score (nSPS) is 16.8. The minimum absolute atomic E-state index is 0.448. The smallest absolute Gasteiger partial charge is 0.236 e. The standard InChI is InChI=1S/C5H8N4/c6-9-5-7-3-1-2-4-8-5/h1,3-4H,2,6H2,(H,7,9). The third-order valence-electron chi connectivity index (χ3n) is 0.886. The average Bonchev–Trinajstić information content (AvgIpc) is 2.13. The van der Waals surface area contributed by atoms with Gasteiger partial charge in [0.05, 0.1) is 0 Å². The summed E-state index contributed by atoms with van der Waals surface area (Å²) in [5.74, 6) is 5.49. The van der Waals surface area contributed by atoms with Crippen LogP contribution in [0.15, 0.2) is 22.3 Å². The van der Waals surface area contributed by atoms with Gasteiger partial charge in [-0.2, -0.15) is 0 Å². The van der Waals surface area contributed by atoms with Crippen LogP contribution in [0.4, 0.5) is 0 Å². The van der Waals surface area contributed by atoms with Gasteiger partial charge in [0.15, 0.2) is 0 Å². The summed E-state index contributed by atoms with van der Waals surface area (Å²) in [6.07, 6.45) is 6.12. The summed E-state index contributed by atoms with van der Waals surface area (Å²) in [6, 6.07) is 0. The Morgan fingerprint density at radius 3 is 3.33 bits per heavy atom. The lowest BCUT2D eigenvalue weighted by atomic mass is 10.5. The predicted octanol–water partition coefficient (Wildman–Crippen LogP) is -0.206. The van der Waals surface area contributed by atoms with E-state index >= 15 is 0 Å². The molecule has 0 saturated carbocycles. The largest absolute Gasteiger partial charge is 0.292 e. The number of guanidine groups is 1. The van der Waals surface area contributed by atoms with Gasteiger partial charge in [-0.3, -0.25) is 5.43 Å². The van der Waals surface area contributed by atoms with Crippen molar-refractivity contribution in [3.05, 3.63) is 12.3 Å². The fraction of sp³-hybridized carbons (Fsp3) is 0.200. The fourth-order valence-electron chi connectivity index (χ4n) is 0.492. The molecule has 3 N–H and O–H groups in total. The molecule has 1 aliphatic heterocycles. The number of hydrogen-bond acceptors (Lipinski definition) is 4. The van der Waals surface area contributed by atoms with Gasteiger partial charge in [0.1, 0.15) is 0 Å². The third kappa shape index (κ3) is 1.65. The molecule has 0 spiro atoms. The first-order valence-electron chi connectivity index (χ1n) is 2.65. The number of hydrogen-bond donors (Lipinski definition) is 2. The van der Waals surface area contributed by atoms with Crippen molar-refractivity contribution in [3.63, 3.8) is 0 Å². The first kappa shape index (κ1) is 5.97. The second kappa shape index (κ2) is 2.99. The Morgan fingerprint density at radius 2 is 2.56 bits per heavy atom. The van der Waals surface area contributed by atoms with Crippen LogP contribution in [0.1, 0.15) is 6.42 Å². The van der Waals surface area contributed by atoms with E-state index in [1.165, 1.54) is 0 Å². The van der Waals surface area contributed by atoms with Gasteiger partial charge in [0.2, 0.25) is 5.96 Å². The van der Waals surface area contributed by atoms with Crippen molar-refractivity contribution in [1.29, 1.82) is 0 Å². The SMILES string of the molecule is NNC1=NC=CCC=N1. The molecular formula is C5H8N4. The highest BCUT2D eigenvalue weighted by molar-refractivity contribution is 5.88. The minimum atomic E-state index is 0.448. The van der Waals surface area contributed by atoms with Crippen LogP contribution in [0.5, 0.6) is 0 Å². The lowest BCUT2D eigenvalue weighted by Gasteiger charge is -1.91. The van der Waals surface area contributed by atoms with E-state index in [1.54, 1.807) is 12.4 Å². The lowest BCUT2D eigenvalue weighted by Crippen LogP contribution is -2.28. The molecule has 0 aromatic rings. The van der Waals surface area contributed by atoms with Crippen LogP contribution < -0.4 is 11.3 Å². The summed E-state index contributed by atoms with van der Waals surface area (Å²) < 4.78 is 0. The van der Waals surface area contributed by atoms with Gasteiger partial charge in [0, 0.05) is 18.8 Å². The predicted molar refractivity (Wildman–Crippen MR) is 37.0 cm³/mol. The van der Waals surface area contributed by atoms with E-state index < -0.39 is 0 Å². The highest BCUT2D eigenvalue weighted by atomic mass is 15.3. The zero-order valence-corrected chi connectivity index (χ0v) is 4.91. The molecule has 1 aliphatic rings. The van der Waals surface area contributed by atoms with Crippen molar-refractivity contribution >= 4 is 12.2 Å². The van der Waals surface area contributed by atoms with Crippen LogP contribution >= 0.6 is 0 Å². The molecule has 0 aromatic heterocycles. The molecule has 4 heteroatoms. The van der Waals surface area contributed by atoms with Crippen LogP contribution in [0.3, 0.4) is 0 Å². The molecule has 4 nitrogen and oxygen atoms in total. The van der Waals surface area contributed by atoms with Crippen LogP contribution in [0.25, 0.3) is 0 Å². The molecule has 0 saturated heterocycles. The van der Waals surface area contributed by atoms with E-state index in [0.29, 0.717) is 5.96 Å². The Balaban J connectivity index is 2.67. The molecular weight excluding hydrogens is 116 g/mol. The maximum absolute atomic E-state index is 5.04. The highest BCUT2D eigenvalue weighted by Crippen LogP contribution is 1.87. The van der Waals surface area contributed by atoms with E-state index in [2.05, 4.69) is 15.4 Å². The van der Waals surface area contributed by atoms with Crippen molar-refractivity contribution in [2.24, 2.45) is 15.8 Å². The number of aliphatic imine (C=N–C) groups is 2. The molecule has 0 bridgehead atoms. The molecule has 0 radical (unpaired) electrons. The van der Waals surface area contributed by atoms with E-state index in [-0.39, 0.29) is 0 Å². The number of nitrogens with two attached hydrogens (primary N) is 1. The van der Waals surface area contributed by atoms with Crippen LogP contribution in [-0.4, -0.2) is 12.2 Å². The van der Waals surface area contributed by atoms with Crippen LogP contribution in [-0.2, 0) is 0 Å². The Bertz CT molecular complexity index is 168. The van der Waals surface area contributed by atoms with Crippen molar-refractivity contribution in [2.75, 3.05) is 0 Å². The topological polar surface area (TPSA) is 62.8 Å². The molecule has 0 atom stereocenters. The molecule has 48 valence electrons. The molecule has 0 unspecified atom stereocenters. The average molecular weight is 124 g/mol. The second-order valence-electron chi connectivity index (χ2n) is 1.53. The summed E-state index contributed by atoms with van der Waals surface area (Å²) >= 11 is 0. The van der Waals surface area contributed by atoms with Crippen molar-refractivity contribution in [3.8, 4) is 0 Å². The molecule has 9 heavy (non-hydrogen) atoms. The summed E-state index contributed by atoms with van der Waals surface area (Å²) in [7, 11) is 0. The Kier molecular flexibility index (Phi) is 1.98. The van der Waals surface area contributed by atoms with E-state index in [1.807, 2.05) is 6.08 Å². The van der Waals surface area contributed by atoms with Gasteiger partial charge in [-0.15, -0.1) is 0 Å². The quantitative estimate of drug-likeness (QED) is 0.347. The maximum atomic E-state index is 5.04. The van der Waals surface area contributed by atoms with Gasteiger partial charge in [-0.25, -0.2) is 15.8 Å². The number of hydrazine groups is 1. The van der Waals surface area contributed by atoms with E-state index in [4.69, 9.17) is 5.84 Å². The minimum Gasteiger partial charge on any atom is -0.292 e. The van der Waals surface area contributed by atoms with E-state index in [0.717, 1.165) is 6.42 Å². The first-order chi connectivity index (χ1) is 4.43.